The van der Waals surface area contributed by atoms with Gasteiger partial charge in [-0.15, -0.1) is 17.0 Å². The van der Waals surface area contributed by atoms with E-state index in [1.807, 2.05) is 0 Å². The van der Waals surface area contributed by atoms with Crippen LogP contribution in [0.1, 0.15) is 51.4 Å². The van der Waals surface area contributed by atoms with E-state index in [4.69, 9.17) is 0 Å². The average Bonchev–Trinajstić information content (AvgIpc) is 2.15. The zero-order valence-corrected chi connectivity index (χ0v) is 12.4. The van der Waals surface area contributed by atoms with Crippen LogP contribution in [0.4, 0.5) is 0 Å². The van der Waals surface area contributed by atoms with Gasteiger partial charge in [0.1, 0.15) is 0 Å². The predicted octanol–water partition coefficient (Wildman–Crippen LogP) is 5.92. The first-order valence-corrected chi connectivity index (χ1v) is 6.60. The summed E-state index contributed by atoms with van der Waals surface area (Å²) in [6.07, 6.45) is 28.0. The van der Waals surface area contributed by atoms with Crippen molar-refractivity contribution in [3.8, 4) is 0 Å². The van der Waals surface area contributed by atoms with E-state index >= 15 is 0 Å². The highest BCUT2D eigenvalue weighted by Gasteiger charge is 1.82. The highest BCUT2D eigenvalue weighted by atomic mass is 79.9. The molecule has 0 radical (unpaired) electrons. The summed E-state index contributed by atoms with van der Waals surface area (Å²) in [5.41, 5.74) is 0. The van der Waals surface area contributed by atoms with Crippen LogP contribution in [0.25, 0.3) is 0 Å². The number of hydrogen-bond acceptors (Lipinski definition) is 0. The normalized spacial score (nSPS) is 18.8. The number of rotatable bonds is 0. The molecular formula is C16H25Br. The Kier molecular flexibility index (Phi) is 13.1. The molecule has 2 rings (SSSR count). The van der Waals surface area contributed by atoms with Gasteiger partial charge in [0.2, 0.25) is 0 Å². The fraction of sp³-hybridized carbons (Fsp3) is 0.500. The maximum Gasteiger partial charge on any atom is -0.0316 e. The molecule has 2 aliphatic rings. The summed E-state index contributed by atoms with van der Waals surface area (Å²) in [7, 11) is 0. The van der Waals surface area contributed by atoms with Crippen LogP contribution >= 0.6 is 17.0 Å². The minimum atomic E-state index is 0. The molecule has 0 aromatic rings. The van der Waals surface area contributed by atoms with Gasteiger partial charge in [-0.05, 0) is 51.4 Å². The zero-order chi connectivity index (χ0) is 11.3. The third-order valence-corrected chi connectivity index (χ3v) is 2.67. The van der Waals surface area contributed by atoms with Crippen molar-refractivity contribution in [2.45, 2.75) is 51.4 Å². The van der Waals surface area contributed by atoms with Gasteiger partial charge in [-0.25, -0.2) is 0 Å². The molecule has 0 aromatic heterocycles. The van der Waals surface area contributed by atoms with E-state index in [1.54, 1.807) is 0 Å². The Labute approximate surface area is 117 Å². The van der Waals surface area contributed by atoms with Gasteiger partial charge in [0.25, 0.3) is 0 Å². The molecule has 0 aromatic carbocycles. The molecule has 0 spiro atoms. The molecule has 0 amide bonds. The quantitative estimate of drug-likeness (QED) is 0.487. The molecule has 0 aliphatic heterocycles. The molecule has 17 heavy (non-hydrogen) atoms. The first-order chi connectivity index (χ1) is 8.00. The molecule has 0 atom stereocenters. The van der Waals surface area contributed by atoms with Crippen molar-refractivity contribution in [3.05, 3.63) is 48.6 Å². The van der Waals surface area contributed by atoms with E-state index in [0.717, 1.165) is 0 Å². The number of hydrogen-bond donors (Lipinski definition) is 0. The van der Waals surface area contributed by atoms with Crippen LogP contribution in [0.3, 0.4) is 0 Å². The van der Waals surface area contributed by atoms with Crippen molar-refractivity contribution in [2.75, 3.05) is 0 Å². The van der Waals surface area contributed by atoms with Crippen LogP contribution in [-0.4, -0.2) is 0 Å². The molecule has 0 saturated heterocycles. The Morgan fingerprint density at radius 2 is 0.412 bits per heavy atom. The highest BCUT2D eigenvalue weighted by Crippen LogP contribution is 2.03. The van der Waals surface area contributed by atoms with Crippen LogP contribution < -0.4 is 0 Å². The molecule has 1 heteroatoms. The zero-order valence-electron chi connectivity index (χ0n) is 10.7. The van der Waals surface area contributed by atoms with Crippen molar-refractivity contribution >= 4 is 17.0 Å². The second kappa shape index (κ2) is 13.5. The first-order valence-electron chi connectivity index (χ1n) is 6.60. The summed E-state index contributed by atoms with van der Waals surface area (Å²) >= 11 is 0. The molecule has 2 aliphatic carbocycles. The molecule has 0 bridgehead atoms. The smallest absolute Gasteiger partial charge is 0.0316 e. The van der Waals surface area contributed by atoms with Gasteiger partial charge < -0.3 is 0 Å². The largest absolute Gasteiger partial charge is 0.114 e. The Balaban J connectivity index is 0.000000284. The Bertz CT molecular complexity index is 179. The topological polar surface area (TPSA) is 0 Å². The molecule has 0 saturated carbocycles. The van der Waals surface area contributed by atoms with E-state index in [0.29, 0.717) is 0 Å². The lowest BCUT2D eigenvalue weighted by molar-refractivity contribution is 0.962. The van der Waals surface area contributed by atoms with Crippen LogP contribution in [0.15, 0.2) is 48.6 Å². The van der Waals surface area contributed by atoms with Gasteiger partial charge in [-0.3, -0.25) is 0 Å². The molecule has 0 heterocycles. The van der Waals surface area contributed by atoms with Crippen LogP contribution in [0, 0.1) is 0 Å². The lowest BCUT2D eigenvalue weighted by atomic mass is 10.1. The first kappa shape index (κ1) is 16.4. The fourth-order valence-corrected chi connectivity index (χ4v) is 1.71. The van der Waals surface area contributed by atoms with Gasteiger partial charge in [0.05, 0.1) is 0 Å². The van der Waals surface area contributed by atoms with Crippen LogP contribution in [0.2, 0.25) is 0 Å². The van der Waals surface area contributed by atoms with Crippen molar-refractivity contribution in [2.24, 2.45) is 0 Å². The summed E-state index contributed by atoms with van der Waals surface area (Å²) in [6, 6.07) is 0. The predicted molar refractivity (Wildman–Crippen MR) is 83.8 cm³/mol. The molecule has 0 N–H and O–H groups in total. The van der Waals surface area contributed by atoms with Gasteiger partial charge in [-0.2, -0.15) is 0 Å². The lowest BCUT2D eigenvalue weighted by Gasteiger charge is -1.92. The average molecular weight is 297 g/mol. The number of halogens is 1. The number of allylic oxidation sites excluding steroid dienone is 8. The monoisotopic (exact) mass is 296 g/mol. The Hall–Kier alpha value is -0.560. The molecular weight excluding hydrogens is 272 g/mol. The third-order valence-electron chi connectivity index (χ3n) is 2.67. The minimum absolute atomic E-state index is 0. The van der Waals surface area contributed by atoms with E-state index in [-0.39, 0.29) is 17.0 Å². The summed E-state index contributed by atoms with van der Waals surface area (Å²) in [5.74, 6) is 0. The second-order valence-electron chi connectivity index (χ2n) is 4.20. The van der Waals surface area contributed by atoms with E-state index in [2.05, 4.69) is 48.6 Å². The Morgan fingerprint density at radius 3 is 0.529 bits per heavy atom. The summed E-state index contributed by atoms with van der Waals surface area (Å²) < 4.78 is 0. The van der Waals surface area contributed by atoms with Gasteiger partial charge >= 0.3 is 0 Å². The van der Waals surface area contributed by atoms with Gasteiger partial charge in [0, 0.05) is 0 Å². The SMILES string of the molecule is Br.C1=CCCC=CCC1.C1=CCCC=CCC1. The highest BCUT2D eigenvalue weighted by molar-refractivity contribution is 8.93. The maximum atomic E-state index is 2.27. The summed E-state index contributed by atoms with van der Waals surface area (Å²) in [6.45, 7) is 0. The van der Waals surface area contributed by atoms with E-state index < -0.39 is 0 Å². The lowest BCUT2D eigenvalue weighted by Crippen LogP contribution is -1.71. The molecule has 0 unspecified atom stereocenters. The van der Waals surface area contributed by atoms with Gasteiger partial charge in [0.15, 0.2) is 0 Å². The van der Waals surface area contributed by atoms with Crippen LogP contribution in [0.5, 0.6) is 0 Å². The van der Waals surface area contributed by atoms with E-state index in [9.17, 15) is 0 Å². The van der Waals surface area contributed by atoms with Crippen molar-refractivity contribution < 1.29 is 0 Å². The van der Waals surface area contributed by atoms with Gasteiger partial charge in [-0.1, -0.05) is 48.6 Å². The van der Waals surface area contributed by atoms with Crippen molar-refractivity contribution in [3.63, 3.8) is 0 Å². The minimum Gasteiger partial charge on any atom is -0.114 e. The third kappa shape index (κ3) is 11.7. The maximum absolute atomic E-state index is 2.27. The molecule has 0 fully saturated rings. The fourth-order valence-electron chi connectivity index (χ4n) is 1.71. The van der Waals surface area contributed by atoms with E-state index in [1.165, 1.54) is 51.4 Å². The standard InChI is InChI=1S/2C8H12.BrH/c2*1-2-4-6-8-7-5-3-1;/h2*1-2,7-8H,3-6H2;1H. The molecule has 96 valence electrons. The molecule has 0 nitrogen and oxygen atoms in total. The van der Waals surface area contributed by atoms with Crippen LogP contribution in [-0.2, 0) is 0 Å². The van der Waals surface area contributed by atoms with Crippen molar-refractivity contribution in [1.82, 2.24) is 0 Å². The Morgan fingerprint density at radius 1 is 0.294 bits per heavy atom. The summed E-state index contributed by atoms with van der Waals surface area (Å²) in [4.78, 5) is 0. The second-order valence-corrected chi connectivity index (χ2v) is 4.20. The summed E-state index contributed by atoms with van der Waals surface area (Å²) in [5, 5.41) is 0. The van der Waals surface area contributed by atoms with Crippen molar-refractivity contribution in [1.29, 1.82) is 0 Å².